The second-order valence-corrected chi connectivity index (χ2v) is 4.17. The van der Waals surface area contributed by atoms with E-state index in [0.29, 0.717) is 14.2 Å². The molecule has 2 rings (SSSR count). The molecule has 0 saturated carbocycles. The Balaban J connectivity index is 2.95. The lowest BCUT2D eigenvalue weighted by molar-refractivity contribution is 0.198. The normalized spacial score (nSPS) is 10.8. The van der Waals surface area contributed by atoms with E-state index >= 15 is 0 Å². The monoisotopic (exact) mass is 224 g/mol. The molecule has 2 aromatic rings. The zero-order valence-corrected chi connectivity index (χ0v) is 8.96. The Hall–Kier alpha value is -1.69. The van der Waals surface area contributed by atoms with Crippen LogP contribution in [0.3, 0.4) is 0 Å². The Morgan fingerprint density at radius 1 is 1.53 bits per heavy atom. The van der Waals surface area contributed by atoms with E-state index in [2.05, 4.69) is 4.98 Å². The molecule has 0 amide bonds. The summed E-state index contributed by atoms with van der Waals surface area (Å²) in [6, 6.07) is 1.77. The molecule has 0 aliphatic rings. The van der Waals surface area contributed by atoms with Crippen molar-refractivity contribution in [2.75, 3.05) is 0 Å². The SMILES string of the molecule is Cc1cc(C)c2c(=O)n(C(=O)O)sc2n1. The maximum Gasteiger partial charge on any atom is 0.428 e. The van der Waals surface area contributed by atoms with Crippen LogP contribution in [0.25, 0.3) is 10.2 Å². The first kappa shape index (κ1) is 9.85. The summed E-state index contributed by atoms with van der Waals surface area (Å²) >= 11 is 0.854. The predicted octanol–water partition coefficient (Wildman–Crippen LogP) is 1.60. The van der Waals surface area contributed by atoms with Crippen molar-refractivity contribution in [3.63, 3.8) is 0 Å². The van der Waals surface area contributed by atoms with Crippen LogP contribution in [0.1, 0.15) is 11.3 Å². The largest absolute Gasteiger partial charge is 0.464 e. The molecule has 0 aliphatic heterocycles. The number of aryl methyl sites for hydroxylation is 2. The Morgan fingerprint density at radius 2 is 2.20 bits per heavy atom. The van der Waals surface area contributed by atoms with E-state index < -0.39 is 11.7 Å². The summed E-state index contributed by atoms with van der Waals surface area (Å²) < 4.78 is 0.699. The van der Waals surface area contributed by atoms with E-state index in [-0.39, 0.29) is 0 Å². The third kappa shape index (κ3) is 1.42. The second-order valence-electron chi connectivity index (χ2n) is 3.23. The molecule has 6 heteroatoms. The van der Waals surface area contributed by atoms with Crippen molar-refractivity contribution >= 4 is 27.8 Å². The van der Waals surface area contributed by atoms with Gasteiger partial charge in [0.25, 0.3) is 5.56 Å². The van der Waals surface area contributed by atoms with Crippen LogP contribution in [0.4, 0.5) is 4.79 Å². The third-order valence-electron chi connectivity index (χ3n) is 2.06. The van der Waals surface area contributed by atoms with E-state index in [1.807, 2.05) is 6.92 Å². The maximum atomic E-state index is 11.7. The molecule has 0 bridgehead atoms. The van der Waals surface area contributed by atoms with Gasteiger partial charge in [-0.3, -0.25) is 4.79 Å². The number of pyridine rings is 1. The molecule has 0 radical (unpaired) electrons. The number of hydrogen-bond acceptors (Lipinski definition) is 4. The molecule has 15 heavy (non-hydrogen) atoms. The van der Waals surface area contributed by atoms with Gasteiger partial charge in [-0.2, -0.15) is 3.96 Å². The van der Waals surface area contributed by atoms with Gasteiger partial charge in [-0.1, -0.05) is 0 Å². The average molecular weight is 224 g/mol. The van der Waals surface area contributed by atoms with Gasteiger partial charge in [-0.25, -0.2) is 9.78 Å². The maximum absolute atomic E-state index is 11.7. The molecule has 5 nitrogen and oxygen atoms in total. The minimum Gasteiger partial charge on any atom is -0.464 e. The molecule has 0 fully saturated rings. The summed E-state index contributed by atoms with van der Waals surface area (Å²) in [5.74, 6) is 0. The molecular weight excluding hydrogens is 216 g/mol. The first-order valence-corrected chi connectivity index (χ1v) is 5.01. The van der Waals surface area contributed by atoms with Crippen LogP contribution in [-0.2, 0) is 0 Å². The zero-order chi connectivity index (χ0) is 11.2. The lowest BCUT2D eigenvalue weighted by Gasteiger charge is -1.94. The second kappa shape index (κ2) is 3.16. The van der Waals surface area contributed by atoms with Crippen LogP contribution >= 0.6 is 11.5 Å². The minimum absolute atomic E-state index is 0.396. The number of aromatic nitrogens is 2. The van der Waals surface area contributed by atoms with Gasteiger partial charge < -0.3 is 5.11 Å². The summed E-state index contributed by atoms with van der Waals surface area (Å²) in [6.45, 7) is 3.58. The van der Waals surface area contributed by atoms with Crippen molar-refractivity contribution < 1.29 is 9.90 Å². The first-order chi connectivity index (χ1) is 7.00. The van der Waals surface area contributed by atoms with Gasteiger partial charge >= 0.3 is 6.09 Å². The molecule has 78 valence electrons. The average Bonchev–Trinajstić information content (AvgIpc) is 2.42. The zero-order valence-electron chi connectivity index (χ0n) is 8.14. The Labute approximate surface area is 88.8 Å². The standard InChI is InChI=1S/C9H8N2O3S/c1-4-3-5(2)10-7-6(4)8(12)11(15-7)9(13)14/h3H,1-2H3,(H,13,14). The third-order valence-corrected chi connectivity index (χ3v) is 3.03. The number of carbonyl (C=O) groups is 1. The van der Waals surface area contributed by atoms with Gasteiger partial charge in [0, 0.05) is 5.69 Å². The molecule has 0 aromatic carbocycles. The molecule has 1 N–H and O–H groups in total. The van der Waals surface area contributed by atoms with Gasteiger partial charge in [0.2, 0.25) is 0 Å². The van der Waals surface area contributed by atoms with Gasteiger partial charge in [0.15, 0.2) is 0 Å². The fourth-order valence-corrected chi connectivity index (χ4v) is 2.43. The van der Waals surface area contributed by atoms with Crippen LogP contribution in [-0.4, -0.2) is 20.1 Å². The van der Waals surface area contributed by atoms with Crippen molar-refractivity contribution in [2.45, 2.75) is 13.8 Å². The summed E-state index contributed by atoms with van der Waals surface area (Å²) in [4.78, 5) is 27.0. The van der Waals surface area contributed by atoms with Crippen LogP contribution in [0.15, 0.2) is 10.9 Å². The first-order valence-electron chi connectivity index (χ1n) is 4.24. The Kier molecular flexibility index (Phi) is 2.08. The summed E-state index contributed by atoms with van der Waals surface area (Å²) in [5.41, 5.74) is 1.03. The van der Waals surface area contributed by atoms with Crippen molar-refractivity contribution in [1.29, 1.82) is 0 Å². The highest BCUT2D eigenvalue weighted by Crippen LogP contribution is 2.18. The van der Waals surface area contributed by atoms with Crippen LogP contribution in [0.5, 0.6) is 0 Å². The number of rotatable bonds is 0. The van der Waals surface area contributed by atoms with Crippen LogP contribution in [0.2, 0.25) is 0 Å². The van der Waals surface area contributed by atoms with Crippen LogP contribution < -0.4 is 5.56 Å². The fourth-order valence-electron chi connectivity index (χ4n) is 1.48. The van der Waals surface area contributed by atoms with Crippen molar-refractivity contribution in [2.24, 2.45) is 0 Å². The number of carboxylic acid groups (broad SMARTS) is 1. The van der Waals surface area contributed by atoms with Crippen molar-refractivity contribution in [3.8, 4) is 0 Å². The minimum atomic E-state index is -1.26. The number of nitrogens with zero attached hydrogens (tertiary/aromatic N) is 2. The summed E-state index contributed by atoms with van der Waals surface area (Å²) in [7, 11) is 0. The van der Waals surface area contributed by atoms with E-state index in [4.69, 9.17) is 5.11 Å². The molecule has 0 atom stereocenters. The number of fused-ring (bicyclic) bond motifs is 1. The van der Waals surface area contributed by atoms with Crippen molar-refractivity contribution in [1.82, 2.24) is 8.94 Å². The Morgan fingerprint density at radius 3 is 2.80 bits per heavy atom. The summed E-state index contributed by atoms with van der Waals surface area (Å²) in [5, 5.41) is 9.17. The molecular formula is C9H8N2O3S. The molecule has 2 aromatic heterocycles. The fraction of sp³-hybridized carbons (Fsp3) is 0.222. The van der Waals surface area contributed by atoms with Gasteiger partial charge in [0.05, 0.1) is 5.39 Å². The van der Waals surface area contributed by atoms with E-state index in [0.717, 1.165) is 22.8 Å². The summed E-state index contributed by atoms with van der Waals surface area (Å²) in [6.07, 6.45) is -1.26. The molecule has 2 heterocycles. The molecule has 0 spiro atoms. The van der Waals surface area contributed by atoms with E-state index in [9.17, 15) is 9.59 Å². The highest BCUT2D eigenvalue weighted by Gasteiger charge is 2.15. The van der Waals surface area contributed by atoms with Crippen LogP contribution in [0, 0.1) is 13.8 Å². The smallest absolute Gasteiger partial charge is 0.428 e. The highest BCUT2D eigenvalue weighted by atomic mass is 32.1. The number of hydrogen-bond donors (Lipinski definition) is 1. The van der Waals surface area contributed by atoms with Gasteiger partial charge in [-0.15, -0.1) is 0 Å². The van der Waals surface area contributed by atoms with Gasteiger partial charge in [-0.05, 0) is 37.0 Å². The topological polar surface area (TPSA) is 72.2 Å². The van der Waals surface area contributed by atoms with Crippen molar-refractivity contribution in [3.05, 3.63) is 27.7 Å². The molecule has 0 aliphatic carbocycles. The molecule has 0 saturated heterocycles. The lowest BCUT2D eigenvalue weighted by Crippen LogP contribution is -2.19. The van der Waals surface area contributed by atoms with Gasteiger partial charge in [0.1, 0.15) is 4.83 Å². The predicted molar refractivity (Wildman–Crippen MR) is 56.8 cm³/mol. The molecule has 0 unspecified atom stereocenters. The van der Waals surface area contributed by atoms with E-state index in [1.165, 1.54) is 0 Å². The Bertz CT molecular complexity index is 612. The lowest BCUT2D eigenvalue weighted by atomic mass is 10.2. The van der Waals surface area contributed by atoms with E-state index in [1.54, 1.807) is 13.0 Å². The quantitative estimate of drug-likeness (QED) is 0.737. The highest BCUT2D eigenvalue weighted by molar-refractivity contribution is 7.14.